The van der Waals surface area contributed by atoms with Crippen molar-refractivity contribution in [3.8, 4) is 0 Å². The fraction of sp³-hybridized carbons (Fsp3) is 0.417. The monoisotopic (exact) mass is 279 g/mol. The van der Waals surface area contributed by atoms with Crippen LogP contribution in [0.1, 0.15) is 15.9 Å². The van der Waals surface area contributed by atoms with E-state index in [2.05, 4.69) is 0 Å². The van der Waals surface area contributed by atoms with Gasteiger partial charge in [0.25, 0.3) is 5.91 Å². The van der Waals surface area contributed by atoms with Crippen molar-refractivity contribution >= 4 is 5.91 Å². The lowest BCUT2D eigenvalue weighted by molar-refractivity contribution is -0.141. The average Bonchev–Trinajstić information content (AvgIpc) is 2.24. The quantitative estimate of drug-likeness (QED) is 0.858. The molecule has 0 aliphatic heterocycles. The van der Waals surface area contributed by atoms with Gasteiger partial charge < -0.3 is 10.0 Å². The first kappa shape index (κ1) is 15.4. The average molecular weight is 279 g/mol. The molecule has 0 aromatic heterocycles. The van der Waals surface area contributed by atoms with Gasteiger partial charge in [0.2, 0.25) is 0 Å². The molecule has 1 aromatic carbocycles. The van der Waals surface area contributed by atoms with Gasteiger partial charge in [-0.3, -0.25) is 4.79 Å². The third-order valence-electron chi connectivity index (χ3n) is 2.32. The summed E-state index contributed by atoms with van der Waals surface area (Å²) in [7, 11) is 0. The number of benzene rings is 1. The molecule has 106 valence electrons. The maximum atomic E-state index is 13.1. The number of hydrogen-bond acceptors (Lipinski definition) is 2. The molecule has 1 amide bonds. The molecule has 0 atom stereocenters. The van der Waals surface area contributed by atoms with Gasteiger partial charge in [0, 0.05) is 12.1 Å². The summed E-state index contributed by atoms with van der Waals surface area (Å²) in [6.45, 7) is -1.02. The van der Waals surface area contributed by atoms with Crippen LogP contribution in [0.15, 0.2) is 18.2 Å². The van der Waals surface area contributed by atoms with Gasteiger partial charge in [0.05, 0.1) is 6.61 Å². The normalized spacial score (nSPS) is 11.5. The summed E-state index contributed by atoms with van der Waals surface area (Å²) in [6.07, 6.45) is -4.58. The van der Waals surface area contributed by atoms with Crippen molar-refractivity contribution in [1.29, 1.82) is 0 Å². The fourth-order valence-corrected chi connectivity index (χ4v) is 1.63. The largest absolute Gasteiger partial charge is 0.406 e. The summed E-state index contributed by atoms with van der Waals surface area (Å²) >= 11 is 0. The van der Waals surface area contributed by atoms with Gasteiger partial charge in [0.1, 0.15) is 12.4 Å². The molecule has 0 aliphatic rings. The summed E-state index contributed by atoms with van der Waals surface area (Å²) in [5.41, 5.74) is 0.259. The third-order valence-corrected chi connectivity index (χ3v) is 2.32. The minimum absolute atomic E-state index is 0.171. The standard InChI is InChI=1S/C12H13F4NO2/c1-8-4-9(6-10(13)5-8)11(19)17(2-3-18)7-12(14,15)16/h4-6,18H,2-3,7H2,1H3. The number of aliphatic hydroxyl groups excluding tert-OH is 1. The van der Waals surface area contributed by atoms with Gasteiger partial charge in [-0.15, -0.1) is 0 Å². The van der Waals surface area contributed by atoms with Crippen molar-refractivity contribution in [2.45, 2.75) is 13.1 Å². The lowest BCUT2D eigenvalue weighted by Gasteiger charge is -2.23. The SMILES string of the molecule is Cc1cc(F)cc(C(=O)N(CCO)CC(F)(F)F)c1. The smallest absolute Gasteiger partial charge is 0.395 e. The van der Waals surface area contributed by atoms with Crippen molar-refractivity contribution in [1.82, 2.24) is 4.90 Å². The third kappa shape index (κ3) is 4.86. The van der Waals surface area contributed by atoms with Crippen LogP contribution in [0.25, 0.3) is 0 Å². The first-order chi connectivity index (χ1) is 8.73. The van der Waals surface area contributed by atoms with Gasteiger partial charge in [-0.25, -0.2) is 4.39 Å². The Morgan fingerprint density at radius 1 is 1.32 bits per heavy atom. The first-order valence-electron chi connectivity index (χ1n) is 5.47. The number of amides is 1. The Kier molecular flexibility index (Phi) is 4.88. The van der Waals surface area contributed by atoms with E-state index in [4.69, 9.17) is 5.11 Å². The molecule has 1 aromatic rings. The molecule has 0 spiro atoms. The molecule has 19 heavy (non-hydrogen) atoms. The van der Waals surface area contributed by atoms with Crippen LogP contribution in [0.4, 0.5) is 17.6 Å². The molecule has 1 N–H and O–H groups in total. The number of rotatable bonds is 4. The van der Waals surface area contributed by atoms with Crippen molar-refractivity contribution in [3.05, 3.63) is 35.1 Å². The number of carbonyl (C=O) groups excluding carboxylic acids is 1. The highest BCUT2D eigenvalue weighted by Gasteiger charge is 2.33. The highest BCUT2D eigenvalue weighted by molar-refractivity contribution is 5.94. The molecular weight excluding hydrogens is 266 g/mol. The van der Waals surface area contributed by atoms with E-state index < -0.39 is 37.6 Å². The van der Waals surface area contributed by atoms with Crippen LogP contribution in [-0.4, -0.2) is 41.8 Å². The summed E-state index contributed by atoms with van der Waals surface area (Å²) in [5.74, 6) is -1.66. The zero-order valence-corrected chi connectivity index (χ0v) is 10.2. The molecule has 0 saturated heterocycles. The maximum Gasteiger partial charge on any atom is 0.406 e. The van der Waals surface area contributed by atoms with Crippen LogP contribution >= 0.6 is 0 Å². The molecule has 1 rings (SSSR count). The van der Waals surface area contributed by atoms with Crippen molar-refractivity contribution in [2.75, 3.05) is 19.7 Å². The summed E-state index contributed by atoms with van der Waals surface area (Å²) in [5, 5.41) is 8.70. The lowest BCUT2D eigenvalue weighted by atomic mass is 10.1. The van der Waals surface area contributed by atoms with E-state index in [1.165, 1.54) is 13.0 Å². The van der Waals surface area contributed by atoms with Crippen LogP contribution in [0.5, 0.6) is 0 Å². The van der Waals surface area contributed by atoms with Gasteiger partial charge in [-0.05, 0) is 30.7 Å². The molecule has 3 nitrogen and oxygen atoms in total. The summed E-state index contributed by atoms with van der Waals surface area (Å²) in [4.78, 5) is 12.3. The number of hydrogen-bond donors (Lipinski definition) is 1. The lowest BCUT2D eigenvalue weighted by Crippen LogP contribution is -2.40. The molecule has 0 heterocycles. The zero-order valence-electron chi connectivity index (χ0n) is 10.2. The number of halogens is 4. The highest BCUT2D eigenvalue weighted by atomic mass is 19.4. The van der Waals surface area contributed by atoms with E-state index in [1.807, 2.05) is 0 Å². The second-order valence-corrected chi connectivity index (χ2v) is 4.08. The minimum Gasteiger partial charge on any atom is -0.395 e. The Hall–Kier alpha value is -1.63. The summed E-state index contributed by atoms with van der Waals surface area (Å²) < 4.78 is 50.1. The van der Waals surface area contributed by atoms with Crippen LogP contribution in [0.3, 0.4) is 0 Å². The highest BCUT2D eigenvalue weighted by Crippen LogP contribution is 2.18. The van der Waals surface area contributed by atoms with Crippen LogP contribution < -0.4 is 0 Å². The maximum absolute atomic E-state index is 13.1. The number of nitrogens with zero attached hydrogens (tertiary/aromatic N) is 1. The fourth-order valence-electron chi connectivity index (χ4n) is 1.63. The van der Waals surface area contributed by atoms with Crippen LogP contribution in [0, 0.1) is 12.7 Å². The molecule has 0 aliphatic carbocycles. The second kappa shape index (κ2) is 6.01. The number of alkyl halides is 3. The van der Waals surface area contributed by atoms with Crippen LogP contribution in [0.2, 0.25) is 0 Å². The molecular formula is C12H13F4NO2. The molecule has 0 radical (unpaired) electrons. The van der Waals surface area contributed by atoms with E-state index >= 15 is 0 Å². The van der Waals surface area contributed by atoms with E-state index in [9.17, 15) is 22.4 Å². The Morgan fingerprint density at radius 2 is 1.95 bits per heavy atom. The van der Waals surface area contributed by atoms with E-state index in [0.717, 1.165) is 12.1 Å². The number of aliphatic hydroxyl groups is 1. The Balaban J connectivity index is 2.98. The topological polar surface area (TPSA) is 40.5 Å². The van der Waals surface area contributed by atoms with Crippen LogP contribution in [-0.2, 0) is 0 Å². The molecule has 0 fully saturated rings. The second-order valence-electron chi connectivity index (χ2n) is 4.08. The Bertz CT molecular complexity index is 439. The number of aryl methyl sites for hydroxylation is 1. The van der Waals surface area contributed by atoms with Gasteiger partial charge >= 0.3 is 6.18 Å². The van der Waals surface area contributed by atoms with E-state index in [0.29, 0.717) is 10.5 Å². The Labute approximate surface area is 107 Å². The van der Waals surface area contributed by atoms with Crippen molar-refractivity contribution in [2.24, 2.45) is 0 Å². The minimum atomic E-state index is -4.58. The van der Waals surface area contributed by atoms with Crippen molar-refractivity contribution in [3.63, 3.8) is 0 Å². The van der Waals surface area contributed by atoms with Gasteiger partial charge in [-0.2, -0.15) is 13.2 Å². The molecule has 0 unspecified atom stereocenters. The van der Waals surface area contributed by atoms with Crippen molar-refractivity contribution < 1.29 is 27.5 Å². The molecule has 0 saturated carbocycles. The molecule has 0 bridgehead atoms. The molecule has 7 heteroatoms. The zero-order chi connectivity index (χ0) is 14.6. The Morgan fingerprint density at radius 3 is 2.42 bits per heavy atom. The van der Waals surface area contributed by atoms with Gasteiger partial charge in [-0.1, -0.05) is 0 Å². The van der Waals surface area contributed by atoms with E-state index in [1.54, 1.807) is 0 Å². The van der Waals surface area contributed by atoms with E-state index in [-0.39, 0.29) is 5.56 Å². The number of carbonyl (C=O) groups is 1. The predicted octanol–water partition coefficient (Wildman–Crippen LogP) is 2.13. The summed E-state index contributed by atoms with van der Waals surface area (Å²) in [6, 6.07) is 3.33. The first-order valence-corrected chi connectivity index (χ1v) is 5.47. The predicted molar refractivity (Wildman–Crippen MR) is 60.2 cm³/mol. The van der Waals surface area contributed by atoms with Gasteiger partial charge in [0.15, 0.2) is 0 Å².